The van der Waals surface area contributed by atoms with Gasteiger partial charge in [0, 0.05) is 48.3 Å². The molecule has 2 aromatic heterocycles. The highest BCUT2D eigenvalue weighted by Crippen LogP contribution is 2.50. The van der Waals surface area contributed by atoms with Gasteiger partial charge in [0.05, 0.1) is 18.0 Å². The van der Waals surface area contributed by atoms with Crippen molar-refractivity contribution in [3.63, 3.8) is 0 Å². The van der Waals surface area contributed by atoms with E-state index in [4.69, 9.17) is 0 Å². The number of rotatable bonds is 4. The maximum atomic E-state index is 13.3. The van der Waals surface area contributed by atoms with Gasteiger partial charge in [-0.3, -0.25) is 14.4 Å². The Morgan fingerprint density at radius 3 is 2.79 bits per heavy atom. The molecule has 1 saturated carbocycles. The van der Waals surface area contributed by atoms with Crippen LogP contribution >= 0.6 is 11.3 Å². The Bertz CT molecular complexity index is 1000. The third kappa shape index (κ3) is 2.83. The van der Waals surface area contributed by atoms with Crippen molar-refractivity contribution in [2.75, 3.05) is 11.9 Å². The van der Waals surface area contributed by atoms with Crippen LogP contribution in [-0.4, -0.2) is 44.0 Å². The number of nitrogens with zero attached hydrogens (tertiary/aromatic N) is 3. The first-order valence-electron chi connectivity index (χ1n) is 9.93. The minimum absolute atomic E-state index is 0.0258. The first kappa shape index (κ1) is 18.5. The van der Waals surface area contributed by atoms with E-state index in [0.717, 1.165) is 19.3 Å². The molecule has 2 bridgehead atoms. The fourth-order valence-corrected chi connectivity index (χ4v) is 5.53. The number of anilines is 1. The third-order valence-electron chi connectivity index (χ3n) is 6.59. The first-order chi connectivity index (χ1) is 14.1. The summed E-state index contributed by atoms with van der Waals surface area (Å²) >= 11 is 1.32. The average molecular weight is 414 g/mol. The van der Waals surface area contributed by atoms with Crippen molar-refractivity contribution in [1.29, 1.82) is 0 Å². The number of aromatic nitrogens is 2. The lowest BCUT2D eigenvalue weighted by Gasteiger charge is -2.41. The number of hydrogen-bond acceptors (Lipinski definition) is 6. The van der Waals surface area contributed by atoms with Crippen LogP contribution in [0.15, 0.2) is 34.6 Å². The van der Waals surface area contributed by atoms with Crippen LogP contribution in [0.2, 0.25) is 0 Å². The Labute approximate surface area is 171 Å². The molecular formula is C20H22N4O4S. The molecule has 0 spiro atoms. The predicted octanol–water partition coefficient (Wildman–Crippen LogP) is 1.23. The quantitative estimate of drug-likeness (QED) is 0.783. The van der Waals surface area contributed by atoms with E-state index in [9.17, 15) is 19.5 Å². The van der Waals surface area contributed by atoms with Crippen LogP contribution in [0.3, 0.4) is 0 Å². The fourth-order valence-electron chi connectivity index (χ4n) is 5.00. The molecule has 5 rings (SSSR count). The molecule has 29 heavy (non-hydrogen) atoms. The van der Waals surface area contributed by atoms with Gasteiger partial charge in [-0.25, -0.2) is 4.98 Å². The minimum Gasteiger partial charge on any atom is -0.396 e. The summed E-state index contributed by atoms with van der Waals surface area (Å²) in [5.41, 5.74) is 0.516. The van der Waals surface area contributed by atoms with E-state index < -0.39 is 17.9 Å². The highest BCUT2D eigenvalue weighted by Gasteiger charge is 2.58. The summed E-state index contributed by atoms with van der Waals surface area (Å²) in [6.07, 6.45) is 4.36. The van der Waals surface area contributed by atoms with Crippen LogP contribution in [0, 0.1) is 17.8 Å². The van der Waals surface area contributed by atoms with Gasteiger partial charge >= 0.3 is 0 Å². The molecule has 4 heterocycles. The zero-order chi connectivity index (χ0) is 20.1. The van der Waals surface area contributed by atoms with Gasteiger partial charge in [0.15, 0.2) is 5.13 Å². The van der Waals surface area contributed by atoms with Crippen LogP contribution in [-0.2, 0) is 16.1 Å². The lowest BCUT2D eigenvalue weighted by molar-refractivity contribution is -0.143. The molecule has 8 nitrogen and oxygen atoms in total. The summed E-state index contributed by atoms with van der Waals surface area (Å²) in [5.74, 6) is -1.35. The second kappa shape index (κ2) is 7.07. The molecular weight excluding hydrogens is 392 g/mol. The molecule has 3 aliphatic rings. The van der Waals surface area contributed by atoms with Gasteiger partial charge in [-0.2, -0.15) is 0 Å². The average Bonchev–Trinajstić information content (AvgIpc) is 3.24. The molecule has 0 radical (unpaired) electrons. The van der Waals surface area contributed by atoms with E-state index in [1.54, 1.807) is 27.1 Å². The summed E-state index contributed by atoms with van der Waals surface area (Å²) in [5, 5.41) is 15.3. The second-order valence-electron chi connectivity index (χ2n) is 7.98. The van der Waals surface area contributed by atoms with Crippen molar-refractivity contribution in [2.45, 2.75) is 37.9 Å². The summed E-state index contributed by atoms with van der Waals surface area (Å²) in [7, 11) is 0. The smallest absolute Gasteiger partial charge is 0.250 e. The zero-order valence-electron chi connectivity index (χ0n) is 15.7. The Morgan fingerprint density at radius 2 is 2.14 bits per heavy atom. The Balaban J connectivity index is 1.59. The molecule has 2 fully saturated rings. The molecule has 152 valence electrons. The van der Waals surface area contributed by atoms with E-state index in [1.165, 1.54) is 17.4 Å². The van der Waals surface area contributed by atoms with Crippen LogP contribution in [0.25, 0.3) is 0 Å². The number of aliphatic hydroxyl groups is 1. The molecule has 2 aromatic rings. The van der Waals surface area contributed by atoms with Crippen molar-refractivity contribution in [3.05, 3.63) is 45.8 Å². The standard InChI is InChI=1S/C20H22N4O4S/c25-10-12-14-9-23-13(5-2-6-15(23)26)17(24(14)19(28)11-3-1-4-11)16(12)18(27)22-20-21-7-8-29-20/h2,5-8,11-12,14,16-17,25H,1,3-4,9-10H2,(H,21,22,27)/t12-,14-,16+,17+/m0/s1. The van der Waals surface area contributed by atoms with Crippen molar-refractivity contribution >= 4 is 28.3 Å². The highest BCUT2D eigenvalue weighted by molar-refractivity contribution is 7.13. The lowest BCUT2D eigenvalue weighted by Crippen LogP contribution is -2.51. The zero-order valence-corrected chi connectivity index (χ0v) is 16.5. The van der Waals surface area contributed by atoms with Crippen molar-refractivity contribution in [2.24, 2.45) is 17.8 Å². The number of carbonyl (C=O) groups excluding carboxylic acids is 2. The van der Waals surface area contributed by atoms with E-state index in [2.05, 4.69) is 10.3 Å². The summed E-state index contributed by atoms with van der Waals surface area (Å²) in [6, 6.07) is 4.03. The van der Waals surface area contributed by atoms with Crippen LogP contribution < -0.4 is 10.9 Å². The molecule has 2 aliphatic heterocycles. The van der Waals surface area contributed by atoms with E-state index in [-0.39, 0.29) is 35.9 Å². The number of thiazole rings is 1. The van der Waals surface area contributed by atoms with Crippen LogP contribution in [0.1, 0.15) is 31.0 Å². The molecule has 0 aromatic carbocycles. The van der Waals surface area contributed by atoms with Gasteiger partial charge in [0.2, 0.25) is 11.8 Å². The van der Waals surface area contributed by atoms with Crippen LogP contribution in [0.5, 0.6) is 0 Å². The fraction of sp³-hybridized carbons (Fsp3) is 0.500. The van der Waals surface area contributed by atoms with E-state index in [0.29, 0.717) is 17.4 Å². The lowest BCUT2D eigenvalue weighted by atomic mass is 9.83. The SMILES string of the molecule is O=C(Nc1nccs1)[C@@H]1[C@@H](CO)[C@@H]2Cn3c(cccc3=O)[C@H]1N2C(=O)C1CCC1. The van der Waals surface area contributed by atoms with Crippen molar-refractivity contribution < 1.29 is 14.7 Å². The van der Waals surface area contributed by atoms with E-state index in [1.807, 2.05) is 6.07 Å². The van der Waals surface area contributed by atoms with Gasteiger partial charge in [0.1, 0.15) is 0 Å². The molecule has 0 unspecified atom stereocenters. The van der Waals surface area contributed by atoms with E-state index >= 15 is 0 Å². The Kier molecular flexibility index (Phi) is 4.51. The number of fused-ring (bicyclic) bond motifs is 4. The Morgan fingerprint density at radius 1 is 1.31 bits per heavy atom. The maximum absolute atomic E-state index is 13.3. The van der Waals surface area contributed by atoms with Crippen LogP contribution in [0.4, 0.5) is 5.13 Å². The van der Waals surface area contributed by atoms with Gasteiger partial charge in [-0.05, 0) is 18.9 Å². The Hall–Kier alpha value is -2.52. The van der Waals surface area contributed by atoms with Crippen molar-refractivity contribution in [3.8, 4) is 0 Å². The van der Waals surface area contributed by atoms with Gasteiger partial charge in [0.25, 0.3) is 5.56 Å². The molecule has 2 N–H and O–H groups in total. The van der Waals surface area contributed by atoms with Gasteiger partial charge in [-0.15, -0.1) is 11.3 Å². The normalized spacial score (nSPS) is 28.0. The predicted molar refractivity (Wildman–Crippen MR) is 106 cm³/mol. The summed E-state index contributed by atoms with van der Waals surface area (Å²) < 4.78 is 1.65. The molecule has 4 atom stereocenters. The third-order valence-corrected chi connectivity index (χ3v) is 7.28. The monoisotopic (exact) mass is 414 g/mol. The summed E-state index contributed by atoms with van der Waals surface area (Å²) in [4.78, 5) is 44.9. The summed E-state index contributed by atoms with van der Waals surface area (Å²) in [6.45, 7) is 0.0739. The number of hydrogen-bond donors (Lipinski definition) is 2. The maximum Gasteiger partial charge on any atom is 0.250 e. The highest BCUT2D eigenvalue weighted by atomic mass is 32.1. The molecule has 9 heteroatoms. The number of carbonyl (C=O) groups is 2. The second-order valence-corrected chi connectivity index (χ2v) is 8.88. The number of pyridine rings is 1. The largest absolute Gasteiger partial charge is 0.396 e. The van der Waals surface area contributed by atoms with Gasteiger partial charge < -0.3 is 19.9 Å². The number of aliphatic hydroxyl groups excluding tert-OH is 1. The van der Waals surface area contributed by atoms with Gasteiger partial charge in [-0.1, -0.05) is 12.5 Å². The number of nitrogens with one attached hydrogen (secondary N) is 1. The minimum atomic E-state index is -0.645. The topological polar surface area (TPSA) is 105 Å². The first-order valence-corrected chi connectivity index (χ1v) is 10.8. The molecule has 1 saturated heterocycles. The van der Waals surface area contributed by atoms with Crippen molar-refractivity contribution in [1.82, 2.24) is 14.5 Å². The molecule has 1 aliphatic carbocycles. The number of amides is 2. The molecule has 2 amide bonds.